The molecule has 0 spiro atoms. The highest BCUT2D eigenvalue weighted by Gasteiger charge is 2.21. The number of pyridine rings is 1. The lowest BCUT2D eigenvalue weighted by atomic mass is 10.0. The van der Waals surface area contributed by atoms with E-state index in [2.05, 4.69) is 33.9 Å². The summed E-state index contributed by atoms with van der Waals surface area (Å²) in [6, 6.07) is 11.3. The summed E-state index contributed by atoms with van der Waals surface area (Å²) in [5.74, 6) is 0.944. The molecular formula is C39H64N4O4S. The number of rotatable bonds is 25. The number of aryl methyl sites for hydroxylation is 1. The summed E-state index contributed by atoms with van der Waals surface area (Å²) in [5, 5.41) is 3.06. The molecule has 1 aromatic heterocycles. The Morgan fingerprint density at radius 1 is 0.771 bits per heavy atom. The Balaban J connectivity index is 1.05. The van der Waals surface area contributed by atoms with Crippen LogP contribution in [0.5, 0.6) is 0 Å². The summed E-state index contributed by atoms with van der Waals surface area (Å²) in [6.45, 7) is 11.6. The third-order valence-corrected chi connectivity index (χ3v) is 11.1. The van der Waals surface area contributed by atoms with E-state index in [4.69, 9.17) is 4.18 Å². The molecule has 1 unspecified atom stereocenters. The molecule has 1 amide bonds. The highest BCUT2D eigenvalue weighted by Crippen LogP contribution is 2.18. The SMILES string of the molecule is CCC(C)N1CCN(c2ccc(C(=O)NCCCCCCCCCCCCCCCCCCOS(=O)(=O)c3ccc(C)cc3)cn2)CC1. The zero-order valence-corrected chi connectivity index (χ0v) is 31.1. The van der Waals surface area contributed by atoms with Gasteiger partial charge in [-0.25, -0.2) is 4.98 Å². The predicted octanol–water partition coefficient (Wildman–Crippen LogP) is 8.69. The Hall–Kier alpha value is -2.49. The zero-order chi connectivity index (χ0) is 34.5. The van der Waals surface area contributed by atoms with E-state index in [1.54, 1.807) is 30.5 Å². The molecule has 1 N–H and O–H groups in total. The van der Waals surface area contributed by atoms with Gasteiger partial charge in [0.15, 0.2) is 0 Å². The van der Waals surface area contributed by atoms with Crippen LogP contribution in [0, 0.1) is 6.92 Å². The number of carbonyl (C=O) groups is 1. The molecular weight excluding hydrogens is 621 g/mol. The fourth-order valence-corrected chi connectivity index (χ4v) is 7.25. The van der Waals surface area contributed by atoms with Crippen molar-refractivity contribution >= 4 is 21.8 Å². The van der Waals surface area contributed by atoms with Gasteiger partial charge < -0.3 is 10.2 Å². The lowest BCUT2D eigenvalue weighted by molar-refractivity contribution is 0.0952. The molecule has 1 aliphatic heterocycles. The van der Waals surface area contributed by atoms with Crippen LogP contribution >= 0.6 is 0 Å². The zero-order valence-electron chi connectivity index (χ0n) is 30.3. The number of nitrogens with zero attached hydrogens (tertiary/aromatic N) is 3. The van der Waals surface area contributed by atoms with Crippen molar-refractivity contribution in [2.75, 3.05) is 44.2 Å². The fourth-order valence-electron chi connectivity index (χ4n) is 6.30. The number of unbranched alkanes of at least 4 members (excludes halogenated alkanes) is 15. The fraction of sp³-hybridized carbons (Fsp3) is 0.692. The van der Waals surface area contributed by atoms with Crippen molar-refractivity contribution in [1.82, 2.24) is 15.2 Å². The van der Waals surface area contributed by atoms with Gasteiger partial charge in [-0.15, -0.1) is 0 Å². The van der Waals surface area contributed by atoms with Crippen LogP contribution in [-0.4, -0.2) is 69.6 Å². The van der Waals surface area contributed by atoms with Gasteiger partial charge in [-0.2, -0.15) is 8.42 Å². The van der Waals surface area contributed by atoms with Gasteiger partial charge in [0.1, 0.15) is 5.82 Å². The van der Waals surface area contributed by atoms with Gasteiger partial charge in [0.05, 0.1) is 17.1 Å². The van der Waals surface area contributed by atoms with Crippen molar-refractivity contribution in [2.24, 2.45) is 0 Å². The summed E-state index contributed by atoms with van der Waals surface area (Å²) >= 11 is 0. The standard InChI is InChI=1S/C39H64N4O4S/c1-4-35(3)42-28-30-43(31-29-42)38-26-23-36(33-41-38)39(44)40-27-19-17-15-13-11-9-7-5-6-8-10-12-14-16-18-20-32-47-48(45,46)37-24-21-34(2)22-25-37/h21-26,33,35H,4-20,27-32H2,1-3H3,(H,40,44). The molecule has 1 aromatic carbocycles. The molecule has 0 radical (unpaired) electrons. The van der Waals surface area contributed by atoms with Crippen molar-refractivity contribution < 1.29 is 17.4 Å². The largest absolute Gasteiger partial charge is 0.354 e. The Morgan fingerprint density at radius 2 is 1.29 bits per heavy atom. The molecule has 48 heavy (non-hydrogen) atoms. The number of hydrogen-bond donors (Lipinski definition) is 1. The van der Waals surface area contributed by atoms with Gasteiger partial charge in [0.2, 0.25) is 0 Å². The first-order valence-electron chi connectivity index (χ1n) is 19.0. The molecule has 3 rings (SSSR count). The smallest absolute Gasteiger partial charge is 0.296 e. The molecule has 2 aromatic rings. The normalized spacial score (nSPS) is 14.7. The average Bonchev–Trinajstić information content (AvgIpc) is 3.10. The topological polar surface area (TPSA) is 91.8 Å². The number of benzene rings is 1. The van der Waals surface area contributed by atoms with Crippen LogP contribution in [0.3, 0.4) is 0 Å². The average molecular weight is 685 g/mol. The molecule has 2 heterocycles. The minimum atomic E-state index is -3.63. The second kappa shape index (κ2) is 23.0. The highest BCUT2D eigenvalue weighted by molar-refractivity contribution is 7.86. The van der Waals surface area contributed by atoms with Crippen molar-refractivity contribution in [2.45, 2.75) is 141 Å². The highest BCUT2D eigenvalue weighted by atomic mass is 32.2. The van der Waals surface area contributed by atoms with E-state index in [1.807, 2.05) is 19.1 Å². The maximum Gasteiger partial charge on any atom is 0.296 e. The van der Waals surface area contributed by atoms with Crippen LogP contribution in [0.1, 0.15) is 139 Å². The molecule has 9 heteroatoms. The van der Waals surface area contributed by atoms with Crippen LogP contribution in [-0.2, 0) is 14.3 Å². The number of aromatic nitrogens is 1. The van der Waals surface area contributed by atoms with Gasteiger partial charge in [0, 0.05) is 45.0 Å². The van der Waals surface area contributed by atoms with E-state index in [0.29, 0.717) is 11.6 Å². The Kier molecular flexibility index (Phi) is 19.2. The molecule has 0 bridgehead atoms. The molecule has 0 saturated carbocycles. The first-order chi connectivity index (χ1) is 23.3. The number of anilines is 1. The number of carbonyl (C=O) groups excluding carboxylic acids is 1. The van der Waals surface area contributed by atoms with Crippen LogP contribution < -0.4 is 10.2 Å². The summed E-state index contributed by atoms with van der Waals surface area (Å²) in [6.07, 6.45) is 22.3. The third-order valence-electron chi connectivity index (χ3n) is 9.77. The van der Waals surface area contributed by atoms with Crippen molar-refractivity contribution in [3.05, 3.63) is 53.7 Å². The van der Waals surface area contributed by atoms with Gasteiger partial charge in [-0.3, -0.25) is 13.9 Å². The quantitative estimate of drug-likeness (QED) is 0.0827. The van der Waals surface area contributed by atoms with Crippen LogP contribution in [0.2, 0.25) is 0 Å². The minimum absolute atomic E-state index is 0.0227. The van der Waals surface area contributed by atoms with Gasteiger partial charge in [-0.05, 0) is 57.4 Å². The molecule has 1 atom stereocenters. The lowest BCUT2D eigenvalue weighted by Gasteiger charge is -2.38. The molecule has 8 nitrogen and oxygen atoms in total. The molecule has 0 aliphatic carbocycles. The van der Waals surface area contributed by atoms with Gasteiger partial charge in [0.25, 0.3) is 16.0 Å². The van der Waals surface area contributed by atoms with Crippen molar-refractivity contribution in [3.63, 3.8) is 0 Å². The van der Waals surface area contributed by atoms with E-state index in [9.17, 15) is 13.2 Å². The summed E-state index contributed by atoms with van der Waals surface area (Å²) in [5.41, 5.74) is 1.68. The van der Waals surface area contributed by atoms with Gasteiger partial charge >= 0.3 is 0 Å². The predicted molar refractivity (Wildman–Crippen MR) is 198 cm³/mol. The molecule has 270 valence electrons. The van der Waals surface area contributed by atoms with E-state index in [-0.39, 0.29) is 17.4 Å². The first kappa shape index (κ1) is 39.9. The minimum Gasteiger partial charge on any atom is -0.354 e. The van der Waals surface area contributed by atoms with E-state index in [1.165, 1.54) is 83.5 Å². The second-order valence-corrected chi connectivity index (χ2v) is 15.3. The van der Waals surface area contributed by atoms with E-state index >= 15 is 0 Å². The van der Waals surface area contributed by atoms with Crippen LogP contribution in [0.25, 0.3) is 0 Å². The van der Waals surface area contributed by atoms with Crippen LogP contribution in [0.15, 0.2) is 47.5 Å². The monoisotopic (exact) mass is 684 g/mol. The van der Waals surface area contributed by atoms with Gasteiger partial charge in [-0.1, -0.05) is 115 Å². The number of hydrogen-bond acceptors (Lipinski definition) is 7. The maximum atomic E-state index is 12.5. The van der Waals surface area contributed by atoms with E-state index < -0.39 is 10.1 Å². The first-order valence-corrected chi connectivity index (χ1v) is 20.4. The Bertz CT molecular complexity index is 1250. The van der Waals surface area contributed by atoms with E-state index in [0.717, 1.165) is 69.8 Å². The number of nitrogens with one attached hydrogen (secondary N) is 1. The van der Waals surface area contributed by atoms with Crippen LogP contribution in [0.4, 0.5) is 5.82 Å². The number of amides is 1. The Morgan fingerprint density at radius 3 is 1.79 bits per heavy atom. The molecule has 1 saturated heterocycles. The third kappa shape index (κ3) is 15.4. The number of piperazine rings is 1. The molecule has 1 fully saturated rings. The second-order valence-electron chi connectivity index (χ2n) is 13.7. The lowest BCUT2D eigenvalue weighted by Crippen LogP contribution is -2.49. The summed E-state index contributed by atoms with van der Waals surface area (Å²) < 4.78 is 29.6. The maximum absolute atomic E-state index is 12.5. The van der Waals surface area contributed by atoms with Crippen molar-refractivity contribution in [3.8, 4) is 0 Å². The Labute approximate surface area is 292 Å². The summed E-state index contributed by atoms with van der Waals surface area (Å²) in [4.78, 5) is 22.2. The summed E-state index contributed by atoms with van der Waals surface area (Å²) in [7, 11) is -3.63. The van der Waals surface area contributed by atoms with Crippen molar-refractivity contribution in [1.29, 1.82) is 0 Å². The molecule has 1 aliphatic rings.